The molecular formula is C17H31N3O3. The molecule has 0 radical (unpaired) electrons. The first-order chi connectivity index (χ1) is 11.2. The van der Waals surface area contributed by atoms with Crippen LogP contribution in [0.3, 0.4) is 0 Å². The molecule has 0 aromatic rings. The van der Waals surface area contributed by atoms with Crippen molar-refractivity contribution in [2.24, 2.45) is 0 Å². The predicted molar refractivity (Wildman–Crippen MR) is 88.6 cm³/mol. The normalized spacial score (nSPS) is 33.0. The molecule has 6 nitrogen and oxygen atoms in total. The van der Waals surface area contributed by atoms with Gasteiger partial charge in [-0.05, 0) is 32.6 Å². The van der Waals surface area contributed by atoms with Gasteiger partial charge in [0, 0.05) is 32.2 Å². The molecule has 2 saturated heterocycles. The molecule has 3 aliphatic rings. The summed E-state index contributed by atoms with van der Waals surface area (Å²) in [6, 6.07) is 0.603. The lowest BCUT2D eigenvalue weighted by atomic mass is 9.99. The Balaban J connectivity index is 1.52. The van der Waals surface area contributed by atoms with E-state index in [-0.39, 0.29) is 17.7 Å². The zero-order valence-corrected chi connectivity index (χ0v) is 14.3. The third kappa shape index (κ3) is 4.37. The van der Waals surface area contributed by atoms with Gasteiger partial charge >= 0.3 is 6.03 Å². The summed E-state index contributed by atoms with van der Waals surface area (Å²) in [6.07, 6.45) is 7.47. The minimum Gasteiger partial charge on any atom is -0.377 e. The van der Waals surface area contributed by atoms with E-state index in [1.807, 2.05) is 6.92 Å². The highest BCUT2D eigenvalue weighted by Gasteiger charge is 2.44. The van der Waals surface area contributed by atoms with Crippen LogP contribution in [0.15, 0.2) is 0 Å². The number of ether oxygens (including phenoxy) is 2. The van der Waals surface area contributed by atoms with E-state index in [1.54, 1.807) is 0 Å². The van der Waals surface area contributed by atoms with E-state index in [2.05, 4.69) is 15.5 Å². The molecule has 2 amide bonds. The Morgan fingerprint density at radius 1 is 1.26 bits per heavy atom. The van der Waals surface area contributed by atoms with E-state index in [0.717, 1.165) is 32.5 Å². The average Bonchev–Trinajstić information content (AvgIpc) is 3.15. The lowest BCUT2D eigenvalue weighted by Crippen LogP contribution is -2.48. The van der Waals surface area contributed by atoms with Crippen molar-refractivity contribution >= 4 is 6.03 Å². The van der Waals surface area contributed by atoms with Crippen molar-refractivity contribution in [3.05, 3.63) is 0 Å². The number of hydrogen-bond donors (Lipinski definition) is 2. The van der Waals surface area contributed by atoms with Crippen LogP contribution < -0.4 is 10.6 Å². The summed E-state index contributed by atoms with van der Waals surface area (Å²) < 4.78 is 12.2. The Bertz CT molecular complexity index is 401. The molecule has 1 saturated carbocycles. The summed E-state index contributed by atoms with van der Waals surface area (Å²) in [7, 11) is 0. The highest BCUT2D eigenvalue weighted by molar-refractivity contribution is 5.73. The van der Waals surface area contributed by atoms with Gasteiger partial charge in [-0.1, -0.05) is 12.8 Å². The number of hydrogen-bond acceptors (Lipinski definition) is 4. The van der Waals surface area contributed by atoms with Crippen molar-refractivity contribution < 1.29 is 14.3 Å². The van der Waals surface area contributed by atoms with E-state index in [4.69, 9.17) is 9.47 Å². The minimum atomic E-state index is -0.174. The highest BCUT2D eigenvalue weighted by atomic mass is 16.6. The summed E-state index contributed by atoms with van der Waals surface area (Å²) in [5.74, 6) is 0. The minimum absolute atomic E-state index is 0.102. The second-order valence-electron chi connectivity index (χ2n) is 7.16. The maximum absolute atomic E-state index is 11.5. The molecule has 1 spiro atoms. The Morgan fingerprint density at radius 2 is 2.09 bits per heavy atom. The van der Waals surface area contributed by atoms with E-state index in [9.17, 15) is 4.79 Å². The number of nitrogens with one attached hydrogen (secondary N) is 2. The first kappa shape index (κ1) is 17.0. The zero-order chi connectivity index (χ0) is 16.1. The van der Waals surface area contributed by atoms with Gasteiger partial charge in [-0.3, -0.25) is 4.90 Å². The van der Waals surface area contributed by atoms with E-state index >= 15 is 0 Å². The molecule has 2 atom stereocenters. The molecule has 0 aromatic heterocycles. The molecule has 0 bridgehead atoms. The maximum atomic E-state index is 11.5. The van der Waals surface area contributed by atoms with Gasteiger partial charge in [-0.25, -0.2) is 4.79 Å². The average molecular weight is 325 g/mol. The molecule has 3 fully saturated rings. The Morgan fingerprint density at radius 3 is 2.87 bits per heavy atom. The number of amides is 2. The summed E-state index contributed by atoms with van der Waals surface area (Å²) in [5.41, 5.74) is -0.174. The number of nitrogens with zero attached hydrogens (tertiary/aromatic N) is 1. The molecule has 0 unspecified atom stereocenters. The van der Waals surface area contributed by atoms with Crippen LogP contribution in [0.1, 0.15) is 45.4 Å². The maximum Gasteiger partial charge on any atom is 0.314 e. The highest BCUT2D eigenvalue weighted by Crippen LogP contribution is 2.35. The quantitative estimate of drug-likeness (QED) is 0.822. The van der Waals surface area contributed by atoms with Crippen LogP contribution in [0.2, 0.25) is 0 Å². The zero-order valence-electron chi connectivity index (χ0n) is 14.3. The molecule has 132 valence electrons. The van der Waals surface area contributed by atoms with Crippen LogP contribution in [0.25, 0.3) is 0 Å². The van der Waals surface area contributed by atoms with Gasteiger partial charge in [-0.2, -0.15) is 0 Å². The molecule has 0 aromatic carbocycles. The molecule has 23 heavy (non-hydrogen) atoms. The fourth-order valence-corrected chi connectivity index (χ4v) is 4.21. The van der Waals surface area contributed by atoms with E-state index in [0.29, 0.717) is 25.7 Å². The van der Waals surface area contributed by atoms with E-state index < -0.39 is 0 Å². The first-order valence-electron chi connectivity index (χ1n) is 9.22. The lowest BCUT2D eigenvalue weighted by molar-refractivity contribution is -0.0866. The molecule has 6 heteroatoms. The van der Waals surface area contributed by atoms with Crippen LogP contribution in [0.4, 0.5) is 4.79 Å². The van der Waals surface area contributed by atoms with Crippen molar-refractivity contribution in [3.8, 4) is 0 Å². The van der Waals surface area contributed by atoms with Crippen molar-refractivity contribution in [2.45, 2.75) is 63.2 Å². The second kappa shape index (κ2) is 7.81. The lowest BCUT2D eigenvalue weighted by Gasteiger charge is -2.35. The smallest absolute Gasteiger partial charge is 0.314 e. The number of urea groups is 1. The SMILES string of the molecule is CCNC(=O)NC[C@@H]1CC[C@]2(COCCN(C3CCCC3)C2)O1. The third-order valence-corrected chi connectivity index (χ3v) is 5.39. The standard InChI is InChI=1S/C17H31N3O3/c1-2-18-16(21)19-11-15-7-8-17(23-15)12-20(9-10-22-13-17)14-5-3-4-6-14/h14-15H,2-13H2,1H3,(H2,18,19,21)/t15-,17-/m0/s1. The number of rotatable bonds is 4. The van der Waals surface area contributed by atoms with Gasteiger partial charge in [0.25, 0.3) is 0 Å². The summed E-state index contributed by atoms with van der Waals surface area (Å²) in [6.45, 7) is 6.65. The van der Waals surface area contributed by atoms with Crippen molar-refractivity contribution in [1.82, 2.24) is 15.5 Å². The Hall–Kier alpha value is -0.850. The third-order valence-electron chi connectivity index (χ3n) is 5.39. The molecular weight excluding hydrogens is 294 g/mol. The second-order valence-corrected chi connectivity index (χ2v) is 7.16. The number of carbonyl (C=O) groups excluding carboxylic acids is 1. The van der Waals surface area contributed by atoms with Gasteiger partial charge in [0.1, 0.15) is 5.60 Å². The van der Waals surface area contributed by atoms with E-state index in [1.165, 1.54) is 25.7 Å². The van der Waals surface area contributed by atoms with Crippen molar-refractivity contribution in [2.75, 3.05) is 39.4 Å². The van der Waals surface area contributed by atoms with Crippen LogP contribution in [0, 0.1) is 0 Å². The van der Waals surface area contributed by atoms with Crippen LogP contribution in [-0.2, 0) is 9.47 Å². The monoisotopic (exact) mass is 325 g/mol. The molecule has 2 heterocycles. The van der Waals surface area contributed by atoms with Crippen molar-refractivity contribution in [1.29, 1.82) is 0 Å². The Kier molecular flexibility index (Phi) is 5.77. The van der Waals surface area contributed by atoms with Gasteiger partial charge in [0.2, 0.25) is 0 Å². The van der Waals surface area contributed by atoms with Crippen LogP contribution in [0.5, 0.6) is 0 Å². The largest absolute Gasteiger partial charge is 0.377 e. The number of carbonyl (C=O) groups is 1. The van der Waals surface area contributed by atoms with Gasteiger partial charge < -0.3 is 20.1 Å². The molecule has 1 aliphatic carbocycles. The fourth-order valence-electron chi connectivity index (χ4n) is 4.21. The van der Waals surface area contributed by atoms with Crippen LogP contribution in [-0.4, -0.2) is 68.1 Å². The fraction of sp³-hybridized carbons (Fsp3) is 0.941. The summed E-state index contributed by atoms with van der Waals surface area (Å²) in [4.78, 5) is 14.1. The molecule has 2 aliphatic heterocycles. The van der Waals surface area contributed by atoms with Gasteiger partial charge in [-0.15, -0.1) is 0 Å². The van der Waals surface area contributed by atoms with Crippen LogP contribution >= 0.6 is 0 Å². The van der Waals surface area contributed by atoms with Gasteiger partial charge in [0.05, 0.1) is 19.3 Å². The van der Waals surface area contributed by atoms with Crippen molar-refractivity contribution in [3.63, 3.8) is 0 Å². The first-order valence-corrected chi connectivity index (χ1v) is 9.22. The van der Waals surface area contributed by atoms with Gasteiger partial charge in [0.15, 0.2) is 0 Å². The molecule has 3 rings (SSSR count). The molecule has 2 N–H and O–H groups in total. The summed E-state index contributed by atoms with van der Waals surface area (Å²) in [5, 5.41) is 5.66. The Labute approximate surface area is 139 Å². The predicted octanol–water partition coefficient (Wildman–Crippen LogP) is 1.50. The summed E-state index contributed by atoms with van der Waals surface area (Å²) >= 11 is 0. The topological polar surface area (TPSA) is 62.8 Å².